The second kappa shape index (κ2) is 8.26. The maximum atomic E-state index is 13.8. The van der Waals surface area contributed by atoms with Crippen molar-refractivity contribution in [3.63, 3.8) is 0 Å². The number of nitrogens with zero attached hydrogens (tertiary/aromatic N) is 2. The van der Waals surface area contributed by atoms with Crippen molar-refractivity contribution in [2.24, 2.45) is 0 Å². The van der Waals surface area contributed by atoms with E-state index in [4.69, 9.17) is 4.74 Å². The Hall–Kier alpha value is -3.01. The third-order valence-electron chi connectivity index (χ3n) is 5.08. The van der Waals surface area contributed by atoms with E-state index in [2.05, 4.69) is 31.7 Å². The lowest BCUT2D eigenvalue weighted by molar-refractivity contribution is -0.173. The standard InChI is InChI=1S/C21H18BrF3N4O2/c1-31-15-4-2-3-12(9-15)17-10-18(21(23,24)25)29-19(28-17)16(11-26-29)20(30)27-14-7-5-13(22)6-8-14/h2-9,11,17-18,28H,10H2,1H3,(H,27,30)/t17-,18+/m0/s1. The lowest BCUT2D eigenvalue weighted by Gasteiger charge is -2.34. The maximum absolute atomic E-state index is 13.8. The quantitative estimate of drug-likeness (QED) is 0.497. The summed E-state index contributed by atoms with van der Waals surface area (Å²) in [6.45, 7) is 0. The lowest BCUT2D eigenvalue weighted by atomic mass is 9.96. The van der Waals surface area contributed by atoms with E-state index in [0.717, 1.165) is 15.4 Å². The molecule has 0 fully saturated rings. The summed E-state index contributed by atoms with van der Waals surface area (Å²) in [6, 6.07) is 11.2. The van der Waals surface area contributed by atoms with Crippen LogP contribution in [0.1, 0.15) is 34.4 Å². The van der Waals surface area contributed by atoms with Gasteiger partial charge < -0.3 is 15.4 Å². The van der Waals surface area contributed by atoms with Gasteiger partial charge in [0.1, 0.15) is 17.1 Å². The number of ether oxygens (including phenoxy) is 1. The fourth-order valence-electron chi connectivity index (χ4n) is 3.54. The first-order valence-electron chi connectivity index (χ1n) is 9.38. The Morgan fingerprint density at radius 3 is 2.68 bits per heavy atom. The Bertz CT molecular complexity index is 1100. The maximum Gasteiger partial charge on any atom is 0.410 e. The molecule has 2 atom stereocenters. The predicted molar refractivity (Wildman–Crippen MR) is 113 cm³/mol. The number of aromatic nitrogens is 2. The number of halogens is 4. The highest BCUT2D eigenvalue weighted by atomic mass is 79.9. The van der Waals surface area contributed by atoms with Crippen molar-refractivity contribution in [2.45, 2.75) is 24.7 Å². The fourth-order valence-corrected chi connectivity index (χ4v) is 3.80. The van der Waals surface area contributed by atoms with Crippen LogP contribution in [0.4, 0.5) is 24.7 Å². The van der Waals surface area contributed by atoms with Gasteiger partial charge in [-0.25, -0.2) is 4.68 Å². The van der Waals surface area contributed by atoms with Gasteiger partial charge in [-0.05, 0) is 42.0 Å². The first-order valence-corrected chi connectivity index (χ1v) is 10.2. The third kappa shape index (κ3) is 4.39. The van der Waals surface area contributed by atoms with Crippen molar-refractivity contribution < 1.29 is 22.7 Å². The van der Waals surface area contributed by atoms with E-state index in [1.165, 1.54) is 7.11 Å². The van der Waals surface area contributed by atoms with E-state index >= 15 is 0 Å². The Balaban J connectivity index is 1.68. The molecule has 0 radical (unpaired) electrons. The van der Waals surface area contributed by atoms with Crippen LogP contribution >= 0.6 is 15.9 Å². The molecule has 0 aliphatic carbocycles. The number of methoxy groups -OCH3 is 1. The number of fused-ring (bicyclic) bond motifs is 1. The lowest BCUT2D eigenvalue weighted by Crippen LogP contribution is -2.36. The molecule has 2 heterocycles. The van der Waals surface area contributed by atoms with E-state index in [9.17, 15) is 18.0 Å². The molecule has 1 aromatic heterocycles. The molecule has 4 rings (SSSR count). The number of alkyl halides is 3. The van der Waals surface area contributed by atoms with Crippen LogP contribution in [-0.2, 0) is 0 Å². The van der Waals surface area contributed by atoms with E-state index in [0.29, 0.717) is 17.0 Å². The highest BCUT2D eigenvalue weighted by molar-refractivity contribution is 9.10. The number of rotatable bonds is 4. The molecule has 0 saturated carbocycles. The molecule has 1 aliphatic heterocycles. The number of anilines is 2. The monoisotopic (exact) mass is 494 g/mol. The molecule has 0 spiro atoms. The zero-order valence-electron chi connectivity index (χ0n) is 16.3. The molecule has 10 heteroatoms. The topological polar surface area (TPSA) is 68.2 Å². The summed E-state index contributed by atoms with van der Waals surface area (Å²) in [5.74, 6) is 0.00874. The molecule has 6 nitrogen and oxygen atoms in total. The SMILES string of the molecule is COc1cccc([C@@H]2C[C@H](C(F)(F)F)n3ncc(C(=O)Nc4ccc(Br)cc4)c3N2)c1. The van der Waals surface area contributed by atoms with Crippen molar-refractivity contribution in [1.29, 1.82) is 0 Å². The summed E-state index contributed by atoms with van der Waals surface area (Å²) in [5, 5.41) is 9.65. The van der Waals surface area contributed by atoms with Crippen LogP contribution in [-0.4, -0.2) is 29.0 Å². The van der Waals surface area contributed by atoms with Crippen LogP contribution in [0.15, 0.2) is 59.2 Å². The van der Waals surface area contributed by atoms with Gasteiger partial charge in [-0.2, -0.15) is 18.3 Å². The van der Waals surface area contributed by atoms with Gasteiger partial charge in [-0.3, -0.25) is 4.79 Å². The Morgan fingerprint density at radius 1 is 1.26 bits per heavy atom. The number of amides is 1. The number of hydrogen-bond donors (Lipinski definition) is 2. The van der Waals surface area contributed by atoms with E-state index in [1.807, 2.05) is 0 Å². The molecule has 1 amide bonds. The number of benzene rings is 2. The summed E-state index contributed by atoms with van der Waals surface area (Å²) in [6.07, 6.45) is -3.64. The highest BCUT2D eigenvalue weighted by Gasteiger charge is 2.47. The summed E-state index contributed by atoms with van der Waals surface area (Å²) < 4.78 is 48.4. The number of hydrogen-bond acceptors (Lipinski definition) is 4. The average molecular weight is 495 g/mol. The first-order chi connectivity index (χ1) is 14.8. The summed E-state index contributed by atoms with van der Waals surface area (Å²) in [7, 11) is 1.49. The molecule has 0 saturated heterocycles. The molecule has 3 aromatic rings. The molecule has 162 valence electrons. The molecule has 0 unspecified atom stereocenters. The van der Waals surface area contributed by atoms with Crippen LogP contribution in [0.3, 0.4) is 0 Å². The summed E-state index contributed by atoms with van der Waals surface area (Å²) in [4.78, 5) is 12.8. The second-order valence-electron chi connectivity index (χ2n) is 7.08. The van der Waals surface area contributed by atoms with Gasteiger partial charge in [0.05, 0.1) is 19.3 Å². The molecule has 31 heavy (non-hydrogen) atoms. The molecule has 0 bridgehead atoms. The predicted octanol–water partition coefficient (Wildman–Crippen LogP) is 5.57. The van der Waals surface area contributed by atoms with Crippen molar-refractivity contribution in [3.8, 4) is 5.75 Å². The molecule has 2 N–H and O–H groups in total. The van der Waals surface area contributed by atoms with Gasteiger partial charge in [0.2, 0.25) is 0 Å². The summed E-state index contributed by atoms with van der Waals surface area (Å²) in [5.41, 5.74) is 1.17. The normalized spacial score (nSPS) is 18.1. The fraction of sp³-hybridized carbons (Fsp3) is 0.238. The van der Waals surface area contributed by atoms with Gasteiger partial charge in [0, 0.05) is 16.6 Å². The number of nitrogens with one attached hydrogen (secondary N) is 2. The van der Waals surface area contributed by atoms with E-state index < -0.39 is 24.2 Å². The van der Waals surface area contributed by atoms with Crippen molar-refractivity contribution in [3.05, 3.63) is 70.3 Å². The van der Waals surface area contributed by atoms with Gasteiger partial charge in [-0.15, -0.1) is 0 Å². The Morgan fingerprint density at radius 2 is 2.00 bits per heavy atom. The van der Waals surface area contributed by atoms with Gasteiger partial charge in [0.15, 0.2) is 6.04 Å². The van der Waals surface area contributed by atoms with Crippen LogP contribution < -0.4 is 15.4 Å². The average Bonchev–Trinajstić information content (AvgIpc) is 3.18. The minimum atomic E-state index is -4.53. The van der Waals surface area contributed by atoms with Crippen molar-refractivity contribution in [2.75, 3.05) is 17.7 Å². The zero-order chi connectivity index (χ0) is 22.2. The largest absolute Gasteiger partial charge is 0.497 e. The molecular formula is C21H18BrF3N4O2. The number of carbonyl (C=O) groups is 1. The van der Waals surface area contributed by atoms with Gasteiger partial charge >= 0.3 is 6.18 Å². The third-order valence-corrected chi connectivity index (χ3v) is 5.61. The molecular weight excluding hydrogens is 477 g/mol. The highest BCUT2D eigenvalue weighted by Crippen LogP contribution is 2.44. The summed E-state index contributed by atoms with van der Waals surface area (Å²) >= 11 is 3.31. The van der Waals surface area contributed by atoms with E-state index in [1.54, 1.807) is 48.5 Å². The second-order valence-corrected chi connectivity index (χ2v) is 7.99. The number of carbonyl (C=O) groups excluding carboxylic acids is 1. The Labute approximate surface area is 184 Å². The molecule has 1 aliphatic rings. The van der Waals surface area contributed by atoms with Crippen LogP contribution in [0, 0.1) is 0 Å². The Kier molecular flexibility index (Phi) is 5.65. The van der Waals surface area contributed by atoms with Gasteiger partial charge in [-0.1, -0.05) is 28.1 Å². The minimum Gasteiger partial charge on any atom is -0.497 e. The molecule has 2 aromatic carbocycles. The van der Waals surface area contributed by atoms with Gasteiger partial charge in [0.25, 0.3) is 5.91 Å². The van der Waals surface area contributed by atoms with Crippen molar-refractivity contribution >= 4 is 33.3 Å². The van der Waals surface area contributed by atoms with E-state index in [-0.39, 0.29) is 17.8 Å². The first kappa shape index (κ1) is 21.2. The van der Waals surface area contributed by atoms with Crippen LogP contribution in [0.5, 0.6) is 5.75 Å². The zero-order valence-corrected chi connectivity index (χ0v) is 17.9. The van der Waals surface area contributed by atoms with Crippen LogP contribution in [0.2, 0.25) is 0 Å². The van der Waals surface area contributed by atoms with Crippen molar-refractivity contribution in [1.82, 2.24) is 9.78 Å². The minimum absolute atomic E-state index is 0.0241. The van der Waals surface area contributed by atoms with Crippen LogP contribution in [0.25, 0.3) is 0 Å². The smallest absolute Gasteiger partial charge is 0.410 e.